The van der Waals surface area contributed by atoms with Crippen molar-refractivity contribution in [2.75, 3.05) is 0 Å². The number of hydrogen-bond acceptors (Lipinski definition) is 5. The van der Waals surface area contributed by atoms with Gasteiger partial charge in [0.2, 0.25) is 5.89 Å². The van der Waals surface area contributed by atoms with Gasteiger partial charge in [0.15, 0.2) is 0 Å². The van der Waals surface area contributed by atoms with Crippen LogP contribution >= 0.6 is 0 Å². The zero-order valence-electron chi connectivity index (χ0n) is 10.5. The summed E-state index contributed by atoms with van der Waals surface area (Å²) in [5, 5.41) is 14.3. The highest BCUT2D eigenvalue weighted by molar-refractivity contribution is 5.14. The molecule has 0 amide bonds. The van der Waals surface area contributed by atoms with Gasteiger partial charge in [-0.1, -0.05) is 20.8 Å². The van der Waals surface area contributed by atoms with Gasteiger partial charge < -0.3 is 14.5 Å². The van der Waals surface area contributed by atoms with Crippen LogP contribution in [0.5, 0.6) is 0 Å². The molecule has 2 aromatic rings. The van der Waals surface area contributed by atoms with Crippen LogP contribution in [0.15, 0.2) is 22.9 Å². The predicted octanol–water partition coefficient (Wildman–Crippen LogP) is 2.13. The van der Waals surface area contributed by atoms with Gasteiger partial charge in [-0.25, -0.2) is 4.98 Å². The Labute approximate surface area is 104 Å². The fourth-order valence-corrected chi connectivity index (χ4v) is 1.41. The number of nitro groups is 1. The molecule has 0 aliphatic heterocycles. The minimum atomic E-state index is -0.535. The molecular weight excluding hydrogens is 236 g/mol. The summed E-state index contributed by atoms with van der Waals surface area (Å²) in [4.78, 5) is 14.1. The lowest BCUT2D eigenvalue weighted by molar-refractivity contribution is -0.389. The molecule has 0 aromatic carbocycles. The largest absolute Gasteiger partial charge is 0.443 e. The van der Waals surface area contributed by atoms with E-state index in [0.717, 1.165) is 5.76 Å². The summed E-state index contributed by atoms with van der Waals surface area (Å²) < 4.78 is 7.01. The first-order valence-electron chi connectivity index (χ1n) is 5.49. The van der Waals surface area contributed by atoms with Crippen molar-refractivity contribution in [1.82, 2.24) is 14.8 Å². The van der Waals surface area contributed by atoms with Gasteiger partial charge in [-0.2, -0.15) is 4.68 Å². The van der Waals surface area contributed by atoms with Gasteiger partial charge in [0, 0.05) is 5.41 Å². The third kappa shape index (κ3) is 2.55. The van der Waals surface area contributed by atoms with Crippen LogP contribution in [-0.4, -0.2) is 19.7 Å². The summed E-state index contributed by atoms with van der Waals surface area (Å²) in [5.74, 6) is 1.08. The summed E-state index contributed by atoms with van der Waals surface area (Å²) >= 11 is 0. The van der Waals surface area contributed by atoms with Crippen molar-refractivity contribution < 1.29 is 9.34 Å². The minimum absolute atomic E-state index is 0.110. The lowest BCUT2D eigenvalue weighted by Crippen LogP contribution is -2.09. The van der Waals surface area contributed by atoms with Crippen molar-refractivity contribution in [1.29, 1.82) is 0 Å². The normalized spacial score (nSPS) is 11.7. The van der Waals surface area contributed by atoms with E-state index in [1.165, 1.54) is 16.9 Å². The molecule has 0 radical (unpaired) electrons. The molecule has 2 heterocycles. The Bertz CT molecular complexity index is 565. The van der Waals surface area contributed by atoms with E-state index >= 15 is 0 Å². The first kappa shape index (κ1) is 12.3. The molecule has 7 nitrogen and oxygen atoms in total. The summed E-state index contributed by atoms with van der Waals surface area (Å²) in [6, 6.07) is 1.34. The Morgan fingerprint density at radius 3 is 2.72 bits per heavy atom. The van der Waals surface area contributed by atoms with Gasteiger partial charge in [-0.3, -0.25) is 0 Å². The lowest BCUT2D eigenvalue weighted by atomic mass is 9.94. The maximum Gasteiger partial charge on any atom is 0.389 e. The standard InChI is InChI=1S/C11H14N4O3/c1-11(2,3)8-6-12-10(18-8)7-14-5-4-9(13-14)15(16)17/h4-6H,7H2,1-3H3. The molecular formula is C11H14N4O3. The van der Waals surface area contributed by atoms with E-state index in [2.05, 4.69) is 10.1 Å². The van der Waals surface area contributed by atoms with Crippen LogP contribution in [0.25, 0.3) is 0 Å². The van der Waals surface area contributed by atoms with E-state index in [1.54, 1.807) is 6.20 Å². The molecule has 96 valence electrons. The maximum absolute atomic E-state index is 10.5. The molecule has 0 spiro atoms. The average Bonchev–Trinajstić information content (AvgIpc) is 2.85. The number of oxazole rings is 1. The zero-order valence-corrected chi connectivity index (χ0v) is 10.5. The van der Waals surface area contributed by atoms with Crippen molar-refractivity contribution in [3.05, 3.63) is 40.2 Å². The quantitative estimate of drug-likeness (QED) is 0.615. The molecule has 0 unspecified atom stereocenters. The van der Waals surface area contributed by atoms with Crippen molar-refractivity contribution in [3.8, 4) is 0 Å². The van der Waals surface area contributed by atoms with E-state index in [0.29, 0.717) is 5.89 Å². The Balaban J connectivity index is 2.14. The van der Waals surface area contributed by atoms with Gasteiger partial charge in [-0.05, 0) is 4.92 Å². The average molecular weight is 250 g/mol. The SMILES string of the molecule is CC(C)(C)c1cnc(Cn2ccc([N+](=O)[O-])n2)o1. The molecule has 0 aliphatic carbocycles. The van der Waals surface area contributed by atoms with Crippen molar-refractivity contribution >= 4 is 5.82 Å². The van der Waals surface area contributed by atoms with Crippen LogP contribution in [0.4, 0.5) is 5.82 Å². The number of hydrogen-bond donors (Lipinski definition) is 0. The number of nitrogens with zero attached hydrogens (tertiary/aromatic N) is 4. The van der Waals surface area contributed by atoms with Crippen LogP contribution in [0.2, 0.25) is 0 Å². The van der Waals surface area contributed by atoms with E-state index in [4.69, 9.17) is 4.42 Å². The first-order valence-corrected chi connectivity index (χ1v) is 5.49. The molecule has 2 aromatic heterocycles. The van der Waals surface area contributed by atoms with E-state index in [1.807, 2.05) is 20.8 Å². The highest BCUT2D eigenvalue weighted by Gasteiger charge is 2.20. The monoisotopic (exact) mass is 250 g/mol. The van der Waals surface area contributed by atoms with Crippen molar-refractivity contribution in [2.45, 2.75) is 32.7 Å². The molecule has 2 rings (SSSR count). The summed E-state index contributed by atoms with van der Waals surface area (Å²) in [5.41, 5.74) is -0.110. The second-order valence-electron chi connectivity index (χ2n) is 5.00. The molecule has 0 aliphatic rings. The molecule has 0 atom stereocenters. The molecule has 0 bridgehead atoms. The molecule has 0 saturated carbocycles. The fourth-order valence-electron chi connectivity index (χ4n) is 1.41. The van der Waals surface area contributed by atoms with Crippen LogP contribution < -0.4 is 0 Å². The minimum Gasteiger partial charge on any atom is -0.443 e. The maximum atomic E-state index is 10.5. The summed E-state index contributed by atoms with van der Waals surface area (Å²) in [6.07, 6.45) is 3.20. The first-order chi connectivity index (χ1) is 8.36. The van der Waals surface area contributed by atoms with Crippen LogP contribution in [0.1, 0.15) is 32.4 Å². The third-order valence-corrected chi connectivity index (χ3v) is 2.40. The molecule has 0 saturated heterocycles. The molecule has 0 fully saturated rings. The predicted molar refractivity (Wildman–Crippen MR) is 63.2 cm³/mol. The number of rotatable bonds is 3. The second-order valence-corrected chi connectivity index (χ2v) is 5.00. The topological polar surface area (TPSA) is 87.0 Å². The molecule has 7 heteroatoms. The van der Waals surface area contributed by atoms with Crippen LogP contribution in [0, 0.1) is 10.1 Å². The fraction of sp³-hybridized carbons (Fsp3) is 0.455. The van der Waals surface area contributed by atoms with Crippen LogP contribution in [0.3, 0.4) is 0 Å². The summed E-state index contributed by atoms with van der Waals surface area (Å²) in [7, 11) is 0. The zero-order chi connectivity index (χ0) is 13.3. The second kappa shape index (κ2) is 4.25. The number of aromatic nitrogens is 3. The van der Waals surface area contributed by atoms with Gasteiger partial charge in [0.25, 0.3) is 0 Å². The van der Waals surface area contributed by atoms with E-state index in [9.17, 15) is 10.1 Å². The van der Waals surface area contributed by atoms with Gasteiger partial charge in [0.1, 0.15) is 12.3 Å². The lowest BCUT2D eigenvalue weighted by Gasteiger charge is -2.12. The van der Waals surface area contributed by atoms with Crippen LogP contribution in [-0.2, 0) is 12.0 Å². The Morgan fingerprint density at radius 2 is 2.22 bits per heavy atom. The molecule has 0 N–H and O–H groups in total. The van der Waals surface area contributed by atoms with Crippen molar-refractivity contribution in [2.24, 2.45) is 0 Å². The van der Waals surface area contributed by atoms with Gasteiger partial charge in [0.05, 0.1) is 23.6 Å². The summed E-state index contributed by atoms with van der Waals surface area (Å²) in [6.45, 7) is 6.35. The van der Waals surface area contributed by atoms with Gasteiger partial charge >= 0.3 is 5.82 Å². The Kier molecular flexibility index (Phi) is 2.90. The van der Waals surface area contributed by atoms with Crippen molar-refractivity contribution in [3.63, 3.8) is 0 Å². The Morgan fingerprint density at radius 1 is 1.50 bits per heavy atom. The highest BCUT2D eigenvalue weighted by atomic mass is 16.6. The van der Waals surface area contributed by atoms with E-state index in [-0.39, 0.29) is 17.8 Å². The Hall–Kier alpha value is -2.18. The molecule has 18 heavy (non-hydrogen) atoms. The smallest absolute Gasteiger partial charge is 0.389 e. The highest BCUT2D eigenvalue weighted by Crippen LogP contribution is 2.22. The van der Waals surface area contributed by atoms with Gasteiger partial charge in [-0.15, -0.1) is 0 Å². The third-order valence-electron chi connectivity index (χ3n) is 2.40. The van der Waals surface area contributed by atoms with E-state index < -0.39 is 4.92 Å².